The highest BCUT2D eigenvalue weighted by Crippen LogP contribution is 2.31. The van der Waals surface area contributed by atoms with Crippen molar-refractivity contribution in [3.63, 3.8) is 0 Å². The zero-order valence-corrected chi connectivity index (χ0v) is 12.4. The summed E-state index contributed by atoms with van der Waals surface area (Å²) in [7, 11) is 0. The summed E-state index contributed by atoms with van der Waals surface area (Å²) in [5.74, 6) is 0. The quantitative estimate of drug-likeness (QED) is 0.889. The number of nitrogens with one attached hydrogen (secondary N) is 1. The normalized spacial score (nSPS) is 17.9. The Morgan fingerprint density at radius 2 is 2.21 bits per heavy atom. The van der Waals surface area contributed by atoms with Crippen molar-refractivity contribution >= 4 is 22.7 Å². The first-order valence-corrected chi connectivity index (χ1v) is 8.40. The summed E-state index contributed by atoms with van der Waals surface area (Å²) < 4.78 is 0. The van der Waals surface area contributed by atoms with E-state index in [4.69, 9.17) is 0 Å². The number of hydrogen-bond acceptors (Lipinski definition) is 5. The van der Waals surface area contributed by atoms with Crippen molar-refractivity contribution in [2.75, 3.05) is 6.61 Å². The van der Waals surface area contributed by atoms with Gasteiger partial charge in [-0.3, -0.25) is 0 Å². The van der Waals surface area contributed by atoms with Gasteiger partial charge in [0.25, 0.3) is 0 Å². The molecule has 0 atom stereocenters. The minimum Gasteiger partial charge on any atom is -0.394 e. The molecule has 3 rings (SSSR count). The third kappa shape index (κ3) is 2.89. The highest BCUT2D eigenvalue weighted by Gasteiger charge is 2.32. The Labute approximate surface area is 121 Å². The van der Waals surface area contributed by atoms with E-state index in [-0.39, 0.29) is 12.1 Å². The number of thiophene rings is 1. The molecule has 5 heteroatoms. The molecule has 19 heavy (non-hydrogen) atoms. The molecule has 1 saturated carbocycles. The van der Waals surface area contributed by atoms with Gasteiger partial charge in [-0.2, -0.15) is 11.3 Å². The predicted octanol–water partition coefficient (Wildman–Crippen LogP) is 3.27. The molecule has 1 aliphatic carbocycles. The van der Waals surface area contributed by atoms with Gasteiger partial charge in [0, 0.05) is 34.1 Å². The van der Waals surface area contributed by atoms with Crippen molar-refractivity contribution < 1.29 is 5.11 Å². The van der Waals surface area contributed by atoms with E-state index in [2.05, 4.69) is 27.1 Å². The maximum Gasteiger partial charge on any atom is 0.124 e. The van der Waals surface area contributed by atoms with Crippen LogP contribution in [0.5, 0.6) is 0 Å². The van der Waals surface area contributed by atoms with Crippen LogP contribution in [-0.4, -0.2) is 22.2 Å². The van der Waals surface area contributed by atoms with E-state index in [0.29, 0.717) is 0 Å². The fourth-order valence-corrected chi connectivity index (χ4v) is 4.19. The van der Waals surface area contributed by atoms with Crippen molar-refractivity contribution in [3.8, 4) is 10.6 Å². The molecule has 0 saturated heterocycles. The van der Waals surface area contributed by atoms with E-state index in [1.165, 1.54) is 23.3 Å². The first-order valence-electron chi connectivity index (χ1n) is 6.64. The molecule has 0 aliphatic heterocycles. The first kappa shape index (κ1) is 13.2. The Bertz CT molecular complexity index is 515. The zero-order valence-electron chi connectivity index (χ0n) is 10.8. The number of rotatable bonds is 5. The molecular formula is C14H18N2OS2. The number of aliphatic hydroxyl groups is 1. The third-order valence-electron chi connectivity index (χ3n) is 3.82. The summed E-state index contributed by atoms with van der Waals surface area (Å²) in [6, 6.07) is 2.10. The van der Waals surface area contributed by atoms with Gasteiger partial charge >= 0.3 is 0 Å². The Morgan fingerprint density at radius 3 is 2.89 bits per heavy atom. The van der Waals surface area contributed by atoms with Crippen LogP contribution in [0.3, 0.4) is 0 Å². The molecule has 2 heterocycles. The van der Waals surface area contributed by atoms with Crippen LogP contribution in [0.4, 0.5) is 0 Å². The van der Waals surface area contributed by atoms with E-state index in [1.54, 1.807) is 22.7 Å². The minimum atomic E-state index is -0.0491. The molecule has 2 N–H and O–H groups in total. The lowest BCUT2D eigenvalue weighted by atomic mass is 9.99. The molecule has 3 nitrogen and oxygen atoms in total. The third-order valence-corrected chi connectivity index (χ3v) is 5.55. The Morgan fingerprint density at radius 1 is 1.37 bits per heavy atom. The minimum absolute atomic E-state index is 0.0491. The van der Waals surface area contributed by atoms with Gasteiger partial charge in [0.15, 0.2) is 0 Å². The standard InChI is InChI=1S/C14H18N2OS2/c17-10-14(4-1-2-5-14)16-8-12-7-15-13(19-12)11-3-6-18-9-11/h3,6-7,9,16-17H,1-2,4-5,8,10H2. The second-order valence-corrected chi connectivity index (χ2v) is 7.04. The number of aliphatic hydroxyl groups excluding tert-OH is 1. The van der Waals surface area contributed by atoms with E-state index in [9.17, 15) is 5.11 Å². The lowest BCUT2D eigenvalue weighted by Crippen LogP contribution is -2.45. The highest BCUT2D eigenvalue weighted by atomic mass is 32.1. The average Bonchev–Trinajstić information content (AvgIpc) is 3.17. The van der Waals surface area contributed by atoms with Crippen molar-refractivity contribution in [1.29, 1.82) is 0 Å². The molecule has 0 spiro atoms. The second kappa shape index (κ2) is 5.71. The van der Waals surface area contributed by atoms with Crippen molar-refractivity contribution in [3.05, 3.63) is 27.9 Å². The van der Waals surface area contributed by atoms with Crippen LogP contribution in [0.1, 0.15) is 30.6 Å². The topological polar surface area (TPSA) is 45.1 Å². The highest BCUT2D eigenvalue weighted by molar-refractivity contribution is 7.15. The number of hydrogen-bond donors (Lipinski definition) is 2. The summed E-state index contributed by atoms with van der Waals surface area (Å²) >= 11 is 3.43. The molecule has 0 unspecified atom stereocenters. The van der Waals surface area contributed by atoms with Gasteiger partial charge in [-0.05, 0) is 24.3 Å². The zero-order chi connectivity index (χ0) is 13.1. The smallest absolute Gasteiger partial charge is 0.124 e. The van der Waals surface area contributed by atoms with Gasteiger partial charge in [-0.15, -0.1) is 11.3 Å². The Hall–Kier alpha value is -0.750. The molecule has 1 fully saturated rings. The van der Waals surface area contributed by atoms with Crippen LogP contribution < -0.4 is 5.32 Å². The summed E-state index contributed by atoms with van der Waals surface area (Å²) in [5, 5.41) is 18.4. The van der Waals surface area contributed by atoms with Crippen molar-refractivity contribution in [1.82, 2.24) is 10.3 Å². The number of thiazole rings is 1. The fourth-order valence-electron chi connectivity index (χ4n) is 2.63. The summed E-state index contributed by atoms with van der Waals surface area (Å²) in [6.45, 7) is 1.05. The fraction of sp³-hybridized carbons (Fsp3) is 0.500. The molecule has 0 amide bonds. The molecule has 0 aromatic carbocycles. The predicted molar refractivity (Wildman–Crippen MR) is 80.6 cm³/mol. The molecule has 2 aromatic heterocycles. The Balaban J connectivity index is 1.64. The van der Waals surface area contributed by atoms with Crippen molar-refractivity contribution in [2.45, 2.75) is 37.8 Å². The SMILES string of the molecule is OCC1(NCc2cnc(-c3ccsc3)s2)CCCC1. The monoisotopic (exact) mass is 294 g/mol. The molecule has 2 aromatic rings. The number of nitrogens with zero attached hydrogens (tertiary/aromatic N) is 1. The molecule has 1 aliphatic rings. The summed E-state index contributed by atoms with van der Waals surface area (Å²) in [5.41, 5.74) is 1.16. The largest absolute Gasteiger partial charge is 0.394 e. The lowest BCUT2D eigenvalue weighted by molar-refractivity contribution is 0.163. The average molecular weight is 294 g/mol. The maximum absolute atomic E-state index is 9.58. The molecule has 0 bridgehead atoms. The van der Waals surface area contributed by atoms with Crippen molar-refractivity contribution in [2.24, 2.45) is 0 Å². The van der Waals surface area contributed by atoms with Crippen LogP contribution in [-0.2, 0) is 6.54 Å². The van der Waals surface area contributed by atoms with E-state index in [0.717, 1.165) is 24.4 Å². The van der Waals surface area contributed by atoms with Crippen LogP contribution in [0, 0.1) is 0 Å². The first-order chi connectivity index (χ1) is 9.31. The van der Waals surface area contributed by atoms with Gasteiger partial charge in [-0.25, -0.2) is 4.98 Å². The van der Waals surface area contributed by atoms with Gasteiger partial charge in [0.05, 0.1) is 6.61 Å². The van der Waals surface area contributed by atoms with Crippen LogP contribution >= 0.6 is 22.7 Å². The molecule has 102 valence electrons. The van der Waals surface area contributed by atoms with Gasteiger partial charge in [-0.1, -0.05) is 12.8 Å². The van der Waals surface area contributed by atoms with E-state index >= 15 is 0 Å². The molecular weight excluding hydrogens is 276 g/mol. The van der Waals surface area contributed by atoms with E-state index < -0.39 is 0 Å². The van der Waals surface area contributed by atoms with Crippen LogP contribution in [0.2, 0.25) is 0 Å². The second-order valence-electron chi connectivity index (χ2n) is 5.14. The van der Waals surface area contributed by atoms with Gasteiger partial charge in [0.2, 0.25) is 0 Å². The summed E-state index contributed by atoms with van der Waals surface area (Å²) in [4.78, 5) is 5.71. The van der Waals surface area contributed by atoms with Gasteiger partial charge < -0.3 is 10.4 Å². The Kier molecular flexibility index (Phi) is 3.98. The van der Waals surface area contributed by atoms with E-state index in [1.807, 2.05) is 6.20 Å². The lowest BCUT2D eigenvalue weighted by Gasteiger charge is -2.27. The van der Waals surface area contributed by atoms with Crippen LogP contribution in [0.25, 0.3) is 10.6 Å². The number of aromatic nitrogens is 1. The maximum atomic E-state index is 9.58. The summed E-state index contributed by atoms with van der Waals surface area (Å²) in [6.07, 6.45) is 6.55. The van der Waals surface area contributed by atoms with Gasteiger partial charge in [0.1, 0.15) is 5.01 Å². The molecule has 0 radical (unpaired) electrons. The van der Waals surface area contributed by atoms with Crippen LogP contribution in [0.15, 0.2) is 23.0 Å².